The van der Waals surface area contributed by atoms with Crippen LogP contribution in [0.1, 0.15) is 27.3 Å². The minimum atomic E-state index is -0.317. The van der Waals surface area contributed by atoms with Gasteiger partial charge in [-0.2, -0.15) is 0 Å². The van der Waals surface area contributed by atoms with Crippen molar-refractivity contribution in [3.05, 3.63) is 82.9 Å². The van der Waals surface area contributed by atoms with Crippen LogP contribution in [0.5, 0.6) is 5.75 Å². The van der Waals surface area contributed by atoms with Crippen LogP contribution in [0, 0.1) is 12.7 Å². The van der Waals surface area contributed by atoms with Gasteiger partial charge in [0, 0.05) is 18.8 Å². The Hall–Kier alpha value is -3.48. The quantitative estimate of drug-likeness (QED) is 0.656. The van der Waals surface area contributed by atoms with Crippen molar-refractivity contribution in [2.24, 2.45) is 0 Å². The molecule has 2 aromatic carbocycles. The molecular formula is C21H21FN4O2. The van der Waals surface area contributed by atoms with E-state index in [1.807, 2.05) is 24.3 Å². The van der Waals surface area contributed by atoms with E-state index < -0.39 is 0 Å². The van der Waals surface area contributed by atoms with E-state index in [1.165, 1.54) is 12.1 Å². The van der Waals surface area contributed by atoms with Gasteiger partial charge in [-0.15, -0.1) is 0 Å². The third-order valence-electron chi connectivity index (χ3n) is 4.06. The second-order valence-electron chi connectivity index (χ2n) is 6.23. The first-order valence-electron chi connectivity index (χ1n) is 8.78. The minimum Gasteiger partial charge on any atom is -0.497 e. The predicted octanol–water partition coefficient (Wildman–Crippen LogP) is 3.47. The first-order chi connectivity index (χ1) is 13.5. The van der Waals surface area contributed by atoms with Crippen molar-refractivity contribution in [1.82, 2.24) is 15.3 Å². The lowest BCUT2D eigenvalue weighted by atomic mass is 10.2. The topological polar surface area (TPSA) is 76.1 Å². The molecule has 0 aliphatic heterocycles. The molecular weight excluding hydrogens is 359 g/mol. The van der Waals surface area contributed by atoms with E-state index in [2.05, 4.69) is 20.6 Å². The van der Waals surface area contributed by atoms with Crippen LogP contribution in [0.15, 0.2) is 54.6 Å². The summed E-state index contributed by atoms with van der Waals surface area (Å²) >= 11 is 0. The van der Waals surface area contributed by atoms with E-state index in [1.54, 1.807) is 32.2 Å². The summed E-state index contributed by atoms with van der Waals surface area (Å²) < 4.78 is 18.1. The zero-order valence-corrected chi connectivity index (χ0v) is 15.7. The van der Waals surface area contributed by atoms with Crippen LogP contribution in [0.2, 0.25) is 0 Å². The Morgan fingerprint density at radius 3 is 2.32 bits per heavy atom. The smallest absolute Gasteiger partial charge is 0.270 e. The molecule has 0 radical (unpaired) electrons. The van der Waals surface area contributed by atoms with Gasteiger partial charge in [0.1, 0.15) is 17.3 Å². The number of halogens is 1. The lowest BCUT2D eigenvalue weighted by Gasteiger charge is -2.09. The van der Waals surface area contributed by atoms with E-state index in [-0.39, 0.29) is 24.0 Å². The molecule has 7 heteroatoms. The molecule has 0 aliphatic carbocycles. The zero-order valence-electron chi connectivity index (χ0n) is 15.7. The van der Waals surface area contributed by atoms with Crippen LogP contribution in [-0.4, -0.2) is 23.0 Å². The Morgan fingerprint density at radius 2 is 1.64 bits per heavy atom. The van der Waals surface area contributed by atoms with Crippen molar-refractivity contribution < 1.29 is 13.9 Å². The molecule has 3 aromatic rings. The largest absolute Gasteiger partial charge is 0.497 e. The Morgan fingerprint density at radius 1 is 1.00 bits per heavy atom. The summed E-state index contributed by atoms with van der Waals surface area (Å²) in [5.74, 6) is 0.537. The summed E-state index contributed by atoms with van der Waals surface area (Å²) in [6, 6.07) is 15.2. The highest BCUT2D eigenvalue weighted by atomic mass is 19.1. The number of nitrogens with one attached hydrogen (secondary N) is 2. The first-order valence-corrected chi connectivity index (χ1v) is 8.78. The van der Waals surface area contributed by atoms with E-state index in [9.17, 15) is 9.18 Å². The lowest BCUT2D eigenvalue weighted by molar-refractivity contribution is 0.0945. The van der Waals surface area contributed by atoms with Gasteiger partial charge >= 0.3 is 0 Å². The molecule has 0 saturated carbocycles. The highest BCUT2D eigenvalue weighted by molar-refractivity contribution is 5.92. The maximum atomic E-state index is 13.0. The van der Waals surface area contributed by atoms with Crippen LogP contribution < -0.4 is 15.4 Å². The van der Waals surface area contributed by atoms with Crippen molar-refractivity contribution in [3.8, 4) is 5.75 Å². The maximum absolute atomic E-state index is 13.0. The number of carbonyl (C=O) groups excluding carboxylic acids is 1. The van der Waals surface area contributed by atoms with Gasteiger partial charge in [-0.25, -0.2) is 14.4 Å². The Balaban J connectivity index is 1.62. The molecule has 0 spiro atoms. The Bertz CT molecular complexity index is 944. The molecule has 0 bridgehead atoms. The molecule has 1 aromatic heterocycles. The van der Waals surface area contributed by atoms with Gasteiger partial charge in [-0.1, -0.05) is 24.3 Å². The molecule has 2 N–H and O–H groups in total. The second-order valence-corrected chi connectivity index (χ2v) is 6.23. The predicted molar refractivity (Wildman–Crippen MR) is 105 cm³/mol. The van der Waals surface area contributed by atoms with Gasteiger partial charge in [0.2, 0.25) is 5.95 Å². The van der Waals surface area contributed by atoms with Crippen LogP contribution in [0.25, 0.3) is 0 Å². The van der Waals surface area contributed by atoms with Crippen molar-refractivity contribution in [3.63, 3.8) is 0 Å². The monoisotopic (exact) mass is 380 g/mol. The van der Waals surface area contributed by atoms with Gasteiger partial charge in [0.25, 0.3) is 5.91 Å². The summed E-state index contributed by atoms with van der Waals surface area (Å²) in [6.07, 6.45) is 0. The number of rotatable bonds is 7. The number of methoxy groups -OCH3 is 1. The molecule has 28 heavy (non-hydrogen) atoms. The average molecular weight is 380 g/mol. The maximum Gasteiger partial charge on any atom is 0.270 e. The summed E-state index contributed by atoms with van der Waals surface area (Å²) in [6.45, 7) is 2.61. The molecule has 6 nitrogen and oxygen atoms in total. The van der Waals surface area contributed by atoms with Crippen molar-refractivity contribution in [2.45, 2.75) is 20.0 Å². The number of benzene rings is 2. The first kappa shape index (κ1) is 19.3. The van der Waals surface area contributed by atoms with E-state index in [4.69, 9.17) is 4.74 Å². The number of ether oxygens (including phenoxy) is 1. The molecule has 144 valence electrons. The Kier molecular flexibility index (Phi) is 6.16. The van der Waals surface area contributed by atoms with Crippen LogP contribution in [0.4, 0.5) is 10.3 Å². The van der Waals surface area contributed by atoms with Gasteiger partial charge in [-0.05, 0) is 48.4 Å². The van der Waals surface area contributed by atoms with E-state index in [0.717, 1.165) is 16.9 Å². The lowest BCUT2D eigenvalue weighted by Crippen LogP contribution is -2.24. The standard InChI is InChI=1S/C21H21FN4O2/c1-14-11-19(20(27)23-12-15-3-7-17(22)8-4-15)26-21(25-14)24-13-16-5-9-18(28-2)10-6-16/h3-11H,12-13H2,1-2H3,(H,23,27)(H,24,25,26). The van der Waals surface area contributed by atoms with Gasteiger partial charge in [0.15, 0.2) is 0 Å². The third-order valence-corrected chi connectivity index (χ3v) is 4.06. The highest BCUT2D eigenvalue weighted by Gasteiger charge is 2.10. The van der Waals surface area contributed by atoms with Gasteiger partial charge < -0.3 is 15.4 Å². The van der Waals surface area contributed by atoms with Crippen LogP contribution in [-0.2, 0) is 13.1 Å². The van der Waals surface area contributed by atoms with Crippen molar-refractivity contribution >= 4 is 11.9 Å². The number of nitrogens with zero attached hydrogens (tertiary/aromatic N) is 2. The molecule has 3 rings (SSSR count). The Labute approximate surface area is 162 Å². The van der Waals surface area contributed by atoms with Crippen molar-refractivity contribution in [2.75, 3.05) is 12.4 Å². The van der Waals surface area contributed by atoms with Gasteiger partial charge in [0.05, 0.1) is 7.11 Å². The summed E-state index contributed by atoms with van der Waals surface area (Å²) in [5, 5.41) is 5.91. The number of amides is 1. The summed E-state index contributed by atoms with van der Waals surface area (Å²) in [7, 11) is 1.62. The summed E-state index contributed by atoms with van der Waals surface area (Å²) in [4.78, 5) is 21.0. The SMILES string of the molecule is COc1ccc(CNc2nc(C)cc(C(=O)NCc3ccc(F)cc3)n2)cc1. The number of aromatic nitrogens is 2. The number of carbonyl (C=O) groups is 1. The second kappa shape index (κ2) is 8.94. The molecule has 0 aliphatic rings. The molecule has 0 unspecified atom stereocenters. The molecule has 0 fully saturated rings. The van der Waals surface area contributed by atoms with Crippen LogP contribution in [0.3, 0.4) is 0 Å². The van der Waals surface area contributed by atoms with E-state index >= 15 is 0 Å². The van der Waals surface area contributed by atoms with Crippen LogP contribution >= 0.6 is 0 Å². The normalized spacial score (nSPS) is 10.4. The fourth-order valence-corrected chi connectivity index (χ4v) is 2.56. The minimum absolute atomic E-state index is 0.270. The van der Waals surface area contributed by atoms with Crippen molar-refractivity contribution in [1.29, 1.82) is 0 Å². The van der Waals surface area contributed by atoms with E-state index in [0.29, 0.717) is 18.2 Å². The number of hydrogen-bond donors (Lipinski definition) is 2. The zero-order chi connectivity index (χ0) is 19.9. The summed E-state index contributed by atoms with van der Waals surface area (Å²) in [5.41, 5.74) is 2.79. The highest BCUT2D eigenvalue weighted by Crippen LogP contribution is 2.13. The van der Waals surface area contributed by atoms with Gasteiger partial charge in [-0.3, -0.25) is 4.79 Å². The molecule has 1 amide bonds. The molecule has 1 heterocycles. The fraction of sp³-hybridized carbons (Fsp3) is 0.190. The average Bonchev–Trinajstić information content (AvgIpc) is 2.71. The molecule has 0 saturated heterocycles. The number of aryl methyl sites for hydroxylation is 1. The fourth-order valence-electron chi connectivity index (χ4n) is 2.56. The third kappa shape index (κ3) is 5.26. The number of hydrogen-bond acceptors (Lipinski definition) is 5. The number of anilines is 1. The molecule has 0 atom stereocenters.